The van der Waals surface area contributed by atoms with Gasteiger partial charge in [-0.15, -0.1) is 0 Å². The Labute approximate surface area is 123 Å². The van der Waals surface area contributed by atoms with Crippen LogP contribution in [0.2, 0.25) is 0 Å². The number of nitrogens with zero attached hydrogens (tertiary/aromatic N) is 1. The van der Waals surface area contributed by atoms with Crippen LogP contribution in [0, 0.1) is 5.82 Å². The second-order valence-electron chi connectivity index (χ2n) is 4.85. The smallest absolute Gasteiger partial charge is 0.243 e. The van der Waals surface area contributed by atoms with Crippen molar-refractivity contribution in [3.63, 3.8) is 0 Å². The number of hydrogen-bond acceptors (Lipinski definition) is 3. The molecule has 0 aromatic heterocycles. The summed E-state index contributed by atoms with van der Waals surface area (Å²) in [4.78, 5) is 13.8. The zero-order valence-corrected chi connectivity index (χ0v) is 12.1. The third-order valence-corrected chi connectivity index (χ3v) is 2.96. The van der Waals surface area contributed by atoms with Gasteiger partial charge in [0.25, 0.3) is 0 Å². The lowest BCUT2D eigenvalue weighted by atomic mass is 10.2. The summed E-state index contributed by atoms with van der Waals surface area (Å²) >= 11 is 0. The molecule has 21 heavy (non-hydrogen) atoms. The molecule has 2 aromatic carbocycles. The van der Waals surface area contributed by atoms with Crippen LogP contribution in [0.15, 0.2) is 48.5 Å². The van der Waals surface area contributed by atoms with E-state index >= 15 is 0 Å². The summed E-state index contributed by atoms with van der Waals surface area (Å²) in [5, 5.41) is 5.73. The van der Waals surface area contributed by atoms with E-state index in [1.807, 2.05) is 43.3 Å². The Morgan fingerprint density at radius 1 is 1.00 bits per heavy atom. The lowest BCUT2D eigenvalue weighted by Gasteiger charge is -2.13. The van der Waals surface area contributed by atoms with E-state index in [-0.39, 0.29) is 18.3 Å². The van der Waals surface area contributed by atoms with Gasteiger partial charge in [0.2, 0.25) is 5.91 Å². The van der Waals surface area contributed by atoms with Crippen LogP contribution in [0.1, 0.15) is 0 Å². The van der Waals surface area contributed by atoms with Gasteiger partial charge in [0.15, 0.2) is 0 Å². The summed E-state index contributed by atoms with van der Waals surface area (Å²) in [6.07, 6.45) is 0. The van der Waals surface area contributed by atoms with Gasteiger partial charge < -0.3 is 15.5 Å². The van der Waals surface area contributed by atoms with E-state index in [0.717, 1.165) is 11.4 Å². The normalized spacial score (nSPS) is 10.0. The Hall–Kier alpha value is -2.56. The minimum absolute atomic E-state index is 0.151. The molecule has 5 heteroatoms. The molecule has 4 nitrogen and oxygen atoms in total. The Morgan fingerprint density at radius 2 is 1.57 bits per heavy atom. The van der Waals surface area contributed by atoms with Gasteiger partial charge in [-0.3, -0.25) is 4.79 Å². The average molecular weight is 287 g/mol. The van der Waals surface area contributed by atoms with Gasteiger partial charge >= 0.3 is 0 Å². The van der Waals surface area contributed by atoms with Crippen molar-refractivity contribution in [2.75, 3.05) is 36.2 Å². The van der Waals surface area contributed by atoms with Crippen LogP contribution in [0.3, 0.4) is 0 Å². The van der Waals surface area contributed by atoms with Gasteiger partial charge in [0, 0.05) is 31.2 Å². The molecule has 0 bridgehead atoms. The molecule has 0 saturated heterocycles. The molecule has 1 amide bonds. The molecule has 0 aliphatic rings. The van der Waals surface area contributed by atoms with Crippen LogP contribution in [-0.2, 0) is 4.79 Å². The maximum absolute atomic E-state index is 12.8. The fraction of sp³-hybridized carbons (Fsp3) is 0.188. The van der Waals surface area contributed by atoms with E-state index in [1.165, 1.54) is 24.3 Å². The molecule has 2 aromatic rings. The molecular formula is C16H18FN3O. The number of carbonyl (C=O) groups is 1. The van der Waals surface area contributed by atoms with Crippen LogP contribution in [0.25, 0.3) is 0 Å². The van der Waals surface area contributed by atoms with E-state index in [4.69, 9.17) is 0 Å². The second-order valence-corrected chi connectivity index (χ2v) is 4.85. The standard InChI is InChI=1S/C16H18FN3O/c1-20(2)15-9-7-13(8-10-15)18-11-16(21)19-14-5-3-12(17)4-6-14/h3-10,18H,11H2,1-2H3,(H,19,21). The largest absolute Gasteiger partial charge is 0.378 e. The van der Waals surface area contributed by atoms with Crippen molar-refractivity contribution in [2.24, 2.45) is 0 Å². The van der Waals surface area contributed by atoms with E-state index in [2.05, 4.69) is 10.6 Å². The molecule has 2 rings (SSSR count). The van der Waals surface area contributed by atoms with Crippen LogP contribution in [0.4, 0.5) is 21.5 Å². The molecule has 0 spiro atoms. The van der Waals surface area contributed by atoms with Crippen molar-refractivity contribution >= 4 is 23.0 Å². The summed E-state index contributed by atoms with van der Waals surface area (Å²) in [5.41, 5.74) is 2.54. The summed E-state index contributed by atoms with van der Waals surface area (Å²) in [6, 6.07) is 13.5. The van der Waals surface area contributed by atoms with Crippen LogP contribution in [0.5, 0.6) is 0 Å². The number of amides is 1. The molecule has 2 N–H and O–H groups in total. The highest BCUT2D eigenvalue weighted by atomic mass is 19.1. The maximum atomic E-state index is 12.8. The first-order valence-electron chi connectivity index (χ1n) is 6.61. The van der Waals surface area contributed by atoms with Crippen molar-refractivity contribution in [1.29, 1.82) is 0 Å². The maximum Gasteiger partial charge on any atom is 0.243 e. The second kappa shape index (κ2) is 6.74. The predicted molar refractivity (Wildman–Crippen MR) is 84.3 cm³/mol. The third kappa shape index (κ3) is 4.49. The van der Waals surface area contributed by atoms with Gasteiger partial charge in [-0.05, 0) is 48.5 Å². The average Bonchev–Trinajstić information content (AvgIpc) is 2.48. The summed E-state index contributed by atoms with van der Waals surface area (Å²) in [5.74, 6) is -0.509. The number of hydrogen-bond donors (Lipinski definition) is 2. The van der Waals surface area contributed by atoms with E-state index in [1.54, 1.807) is 0 Å². The topological polar surface area (TPSA) is 44.4 Å². The van der Waals surface area contributed by atoms with Gasteiger partial charge in [0.1, 0.15) is 5.82 Å². The van der Waals surface area contributed by atoms with Crippen molar-refractivity contribution in [3.8, 4) is 0 Å². The Morgan fingerprint density at radius 3 is 2.14 bits per heavy atom. The Balaban J connectivity index is 1.84. The molecule has 0 heterocycles. The molecule has 110 valence electrons. The van der Waals surface area contributed by atoms with Crippen molar-refractivity contribution in [1.82, 2.24) is 0 Å². The molecule has 0 aliphatic heterocycles. The summed E-state index contributed by atoms with van der Waals surface area (Å²) in [7, 11) is 3.94. The van der Waals surface area contributed by atoms with Crippen molar-refractivity contribution in [3.05, 3.63) is 54.3 Å². The number of carbonyl (C=O) groups excluding carboxylic acids is 1. The van der Waals surface area contributed by atoms with Crippen LogP contribution >= 0.6 is 0 Å². The third-order valence-electron chi connectivity index (χ3n) is 2.96. The van der Waals surface area contributed by atoms with E-state index < -0.39 is 0 Å². The minimum Gasteiger partial charge on any atom is -0.378 e. The first-order valence-corrected chi connectivity index (χ1v) is 6.61. The van der Waals surface area contributed by atoms with Gasteiger partial charge in [-0.1, -0.05) is 0 Å². The fourth-order valence-corrected chi connectivity index (χ4v) is 1.80. The molecule has 0 fully saturated rings. The first-order chi connectivity index (χ1) is 10.0. The van der Waals surface area contributed by atoms with E-state index in [9.17, 15) is 9.18 Å². The zero-order chi connectivity index (χ0) is 15.2. The number of nitrogens with one attached hydrogen (secondary N) is 2. The molecule has 0 atom stereocenters. The number of halogens is 1. The van der Waals surface area contributed by atoms with Gasteiger partial charge in [-0.25, -0.2) is 4.39 Å². The predicted octanol–water partition coefficient (Wildman–Crippen LogP) is 2.94. The lowest BCUT2D eigenvalue weighted by Crippen LogP contribution is -2.21. The highest BCUT2D eigenvalue weighted by Crippen LogP contribution is 2.15. The zero-order valence-electron chi connectivity index (χ0n) is 12.1. The van der Waals surface area contributed by atoms with Gasteiger partial charge in [0.05, 0.1) is 6.54 Å². The molecule has 0 saturated carbocycles. The van der Waals surface area contributed by atoms with E-state index in [0.29, 0.717) is 5.69 Å². The van der Waals surface area contributed by atoms with Crippen LogP contribution < -0.4 is 15.5 Å². The monoisotopic (exact) mass is 287 g/mol. The fourth-order valence-electron chi connectivity index (χ4n) is 1.80. The highest BCUT2D eigenvalue weighted by molar-refractivity contribution is 5.93. The van der Waals surface area contributed by atoms with Crippen LogP contribution in [-0.4, -0.2) is 26.5 Å². The quantitative estimate of drug-likeness (QED) is 0.888. The number of benzene rings is 2. The minimum atomic E-state index is -0.327. The van der Waals surface area contributed by atoms with Gasteiger partial charge in [-0.2, -0.15) is 0 Å². The molecular weight excluding hydrogens is 269 g/mol. The number of rotatable bonds is 5. The molecule has 0 aliphatic carbocycles. The summed E-state index contributed by atoms with van der Waals surface area (Å²) < 4.78 is 12.8. The SMILES string of the molecule is CN(C)c1ccc(NCC(=O)Nc2ccc(F)cc2)cc1. The van der Waals surface area contributed by atoms with Crippen molar-refractivity contribution < 1.29 is 9.18 Å². The summed E-state index contributed by atoms with van der Waals surface area (Å²) in [6.45, 7) is 0.151. The Bertz CT molecular complexity index is 594. The first kappa shape index (κ1) is 14.8. The lowest BCUT2D eigenvalue weighted by molar-refractivity contribution is -0.114. The van der Waals surface area contributed by atoms with Crippen molar-refractivity contribution in [2.45, 2.75) is 0 Å². The molecule has 0 unspecified atom stereocenters. The highest BCUT2D eigenvalue weighted by Gasteiger charge is 2.03. The number of anilines is 3. The molecule has 0 radical (unpaired) electrons. The Kier molecular flexibility index (Phi) is 4.77.